The Labute approximate surface area is 137 Å². The maximum absolute atomic E-state index is 11.5. The molecular formula is C16H22N4O2S. The maximum atomic E-state index is 11.5. The van der Waals surface area contributed by atoms with Crippen molar-refractivity contribution in [1.82, 2.24) is 9.71 Å². The monoisotopic (exact) mass is 334 g/mol. The van der Waals surface area contributed by atoms with Gasteiger partial charge in [0.05, 0.1) is 11.8 Å². The number of nitrogens with one attached hydrogen (secondary N) is 1. The second-order valence-corrected chi connectivity index (χ2v) is 8.24. The third-order valence-electron chi connectivity index (χ3n) is 4.50. The Bertz CT molecular complexity index is 739. The Kier molecular flexibility index (Phi) is 4.55. The van der Waals surface area contributed by atoms with Crippen molar-refractivity contribution in [2.75, 3.05) is 24.2 Å². The molecule has 0 unspecified atom stereocenters. The second-order valence-electron chi connectivity index (χ2n) is 6.46. The van der Waals surface area contributed by atoms with Crippen LogP contribution in [0.4, 0.5) is 5.82 Å². The molecule has 1 aromatic rings. The van der Waals surface area contributed by atoms with E-state index in [1.807, 2.05) is 6.07 Å². The highest BCUT2D eigenvalue weighted by Crippen LogP contribution is 2.28. The van der Waals surface area contributed by atoms with Crippen LogP contribution in [0.1, 0.15) is 42.5 Å². The number of aryl methyl sites for hydroxylation is 2. The standard InChI is InChI=1S/C16H22N4O2S/c1-23(21,22)19-14-6-4-8-20(11-14)16-13(10-17)9-12-5-2-3-7-15(12)18-16/h9,14,19H,2-8,11H2,1H3/t14-/m0/s1. The number of hydrogen-bond acceptors (Lipinski definition) is 5. The molecule has 1 fully saturated rings. The molecule has 1 aromatic heterocycles. The van der Waals surface area contributed by atoms with Gasteiger partial charge in [-0.25, -0.2) is 18.1 Å². The maximum Gasteiger partial charge on any atom is 0.209 e. The van der Waals surface area contributed by atoms with Crippen LogP contribution >= 0.6 is 0 Å². The van der Waals surface area contributed by atoms with Gasteiger partial charge in [0.15, 0.2) is 0 Å². The molecule has 1 aliphatic carbocycles. The summed E-state index contributed by atoms with van der Waals surface area (Å²) in [5.74, 6) is 0.716. The minimum Gasteiger partial charge on any atom is -0.354 e. The number of fused-ring (bicyclic) bond motifs is 1. The summed E-state index contributed by atoms with van der Waals surface area (Å²) in [7, 11) is -3.22. The van der Waals surface area contributed by atoms with Crippen LogP contribution in [0.25, 0.3) is 0 Å². The first-order chi connectivity index (χ1) is 11.0. The van der Waals surface area contributed by atoms with Gasteiger partial charge >= 0.3 is 0 Å². The number of aromatic nitrogens is 1. The van der Waals surface area contributed by atoms with Gasteiger partial charge in [-0.1, -0.05) is 0 Å². The van der Waals surface area contributed by atoms with Crippen LogP contribution in [-0.4, -0.2) is 38.8 Å². The number of hydrogen-bond donors (Lipinski definition) is 1. The van der Waals surface area contributed by atoms with Crippen molar-refractivity contribution in [1.29, 1.82) is 5.26 Å². The van der Waals surface area contributed by atoms with Crippen molar-refractivity contribution in [2.45, 2.75) is 44.6 Å². The number of sulfonamides is 1. The first-order valence-corrected chi connectivity index (χ1v) is 10.0. The molecule has 0 aromatic carbocycles. The van der Waals surface area contributed by atoms with Gasteiger partial charge in [-0.3, -0.25) is 0 Å². The van der Waals surface area contributed by atoms with E-state index in [1.165, 1.54) is 11.8 Å². The normalized spacial score (nSPS) is 21.6. The van der Waals surface area contributed by atoms with E-state index in [0.29, 0.717) is 17.9 Å². The number of piperidine rings is 1. The fourth-order valence-corrected chi connectivity index (χ4v) is 4.31. The summed E-state index contributed by atoms with van der Waals surface area (Å²) in [4.78, 5) is 6.82. The van der Waals surface area contributed by atoms with Gasteiger partial charge in [0.2, 0.25) is 10.0 Å². The van der Waals surface area contributed by atoms with E-state index in [-0.39, 0.29) is 6.04 Å². The summed E-state index contributed by atoms with van der Waals surface area (Å²) in [6, 6.07) is 4.12. The fourth-order valence-electron chi connectivity index (χ4n) is 3.51. The summed E-state index contributed by atoms with van der Waals surface area (Å²) in [6.45, 7) is 1.37. The predicted molar refractivity (Wildman–Crippen MR) is 88.8 cm³/mol. The first kappa shape index (κ1) is 16.2. The number of anilines is 1. The van der Waals surface area contributed by atoms with Gasteiger partial charge in [-0.05, 0) is 50.2 Å². The highest BCUT2D eigenvalue weighted by Gasteiger charge is 2.26. The molecule has 23 heavy (non-hydrogen) atoms. The second kappa shape index (κ2) is 6.46. The van der Waals surface area contributed by atoms with Crippen LogP contribution in [0, 0.1) is 11.3 Å². The molecule has 1 aliphatic heterocycles. The van der Waals surface area contributed by atoms with E-state index in [9.17, 15) is 13.7 Å². The molecule has 2 heterocycles. The van der Waals surface area contributed by atoms with Crippen molar-refractivity contribution in [3.8, 4) is 6.07 Å². The van der Waals surface area contributed by atoms with Crippen molar-refractivity contribution < 1.29 is 8.42 Å². The van der Waals surface area contributed by atoms with Crippen LogP contribution in [0.5, 0.6) is 0 Å². The Morgan fingerprint density at radius 3 is 2.87 bits per heavy atom. The average molecular weight is 334 g/mol. The smallest absolute Gasteiger partial charge is 0.209 e. The van der Waals surface area contributed by atoms with Crippen LogP contribution in [0.15, 0.2) is 6.07 Å². The minimum atomic E-state index is -3.22. The summed E-state index contributed by atoms with van der Waals surface area (Å²) >= 11 is 0. The van der Waals surface area contributed by atoms with E-state index in [2.05, 4.69) is 15.7 Å². The molecule has 0 radical (unpaired) electrons. The molecule has 7 heteroatoms. The summed E-state index contributed by atoms with van der Waals surface area (Å²) in [5.41, 5.74) is 2.90. The Morgan fingerprint density at radius 2 is 2.13 bits per heavy atom. The number of pyridine rings is 1. The Morgan fingerprint density at radius 1 is 1.35 bits per heavy atom. The van der Waals surface area contributed by atoms with Crippen molar-refractivity contribution in [3.05, 3.63) is 22.9 Å². The zero-order valence-electron chi connectivity index (χ0n) is 13.4. The molecule has 124 valence electrons. The van der Waals surface area contributed by atoms with Gasteiger partial charge in [0, 0.05) is 24.8 Å². The molecule has 2 aliphatic rings. The number of nitriles is 1. The lowest BCUT2D eigenvalue weighted by atomic mass is 9.94. The molecule has 0 saturated carbocycles. The van der Waals surface area contributed by atoms with E-state index in [0.717, 1.165) is 50.8 Å². The van der Waals surface area contributed by atoms with Crippen LogP contribution in [0.3, 0.4) is 0 Å². The largest absolute Gasteiger partial charge is 0.354 e. The summed E-state index contributed by atoms with van der Waals surface area (Å²) in [6.07, 6.45) is 7.14. The molecule has 0 amide bonds. The van der Waals surface area contributed by atoms with Crippen LogP contribution in [-0.2, 0) is 22.9 Å². The van der Waals surface area contributed by atoms with Gasteiger partial charge in [0.25, 0.3) is 0 Å². The number of rotatable bonds is 3. The lowest BCUT2D eigenvalue weighted by Gasteiger charge is -2.34. The molecule has 6 nitrogen and oxygen atoms in total. The Hall–Kier alpha value is -1.65. The van der Waals surface area contributed by atoms with E-state index < -0.39 is 10.0 Å². The zero-order chi connectivity index (χ0) is 16.4. The average Bonchev–Trinajstić information content (AvgIpc) is 2.52. The van der Waals surface area contributed by atoms with Gasteiger partial charge in [-0.2, -0.15) is 5.26 Å². The van der Waals surface area contributed by atoms with E-state index >= 15 is 0 Å². The fraction of sp³-hybridized carbons (Fsp3) is 0.625. The molecule has 0 spiro atoms. The topological polar surface area (TPSA) is 86.1 Å². The molecule has 0 bridgehead atoms. The molecule has 3 rings (SSSR count). The highest BCUT2D eigenvalue weighted by atomic mass is 32.2. The third-order valence-corrected chi connectivity index (χ3v) is 5.26. The van der Waals surface area contributed by atoms with Crippen LogP contribution in [0.2, 0.25) is 0 Å². The van der Waals surface area contributed by atoms with E-state index in [1.54, 1.807) is 0 Å². The van der Waals surface area contributed by atoms with Crippen molar-refractivity contribution >= 4 is 15.8 Å². The zero-order valence-corrected chi connectivity index (χ0v) is 14.2. The molecule has 1 saturated heterocycles. The minimum absolute atomic E-state index is 0.122. The number of nitrogens with zero attached hydrogens (tertiary/aromatic N) is 3. The van der Waals surface area contributed by atoms with Crippen LogP contribution < -0.4 is 9.62 Å². The van der Waals surface area contributed by atoms with Gasteiger partial charge in [-0.15, -0.1) is 0 Å². The summed E-state index contributed by atoms with van der Waals surface area (Å²) < 4.78 is 25.6. The van der Waals surface area contributed by atoms with Crippen molar-refractivity contribution in [2.24, 2.45) is 0 Å². The van der Waals surface area contributed by atoms with Gasteiger partial charge < -0.3 is 4.90 Å². The first-order valence-electron chi connectivity index (χ1n) is 8.11. The SMILES string of the molecule is CS(=O)(=O)N[C@H]1CCCN(c2nc3c(cc2C#N)CCCC3)C1. The Balaban J connectivity index is 1.87. The predicted octanol–water partition coefficient (Wildman–Crippen LogP) is 1.35. The third kappa shape index (κ3) is 3.82. The quantitative estimate of drug-likeness (QED) is 0.902. The highest BCUT2D eigenvalue weighted by molar-refractivity contribution is 7.88. The lowest BCUT2D eigenvalue weighted by molar-refractivity contribution is 0.465. The summed E-state index contributed by atoms with van der Waals surface area (Å²) in [5, 5.41) is 9.47. The molecular weight excluding hydrogens is 312 g/mol. The lowest BCUT2D eigenvalue weighted by Crippen LogP contribution is -2.48. The molecule has 1 N–H and O–H groups in total. The van der Waals surface area contributed by atoms with Gasteiger partial charge in [0.1, 0.15) is 11.9 Å². The van der Waals surface area contributed by atoms with Crippen molar-refractivity contribution in [3.63, 3.8) is 0 Å². The molecule has 1 atom stereocenters. The van der Waals surface area contributed by atoms with E-state index in [4.69, 9.17) is 4.98 Å².